The fraction of sp³-hybridized carbons (Fsp3) is 0.400. The van der Waals surface area contributed by atoms with Crippen molar-refractivity contribution in [3.63, 3.8) is 0 Å². The molecule has 1 unspecified atom stereocenters. The van der Waals surface area contributed by atoms with Gasteiger partial charge in [-0.1, -0.05) is 0 Å². The van der Waals surface area contributed by atoms with Gasteiger partial charge in [0.15, 0.2) is 11.5 Å². The molecule has 152 valence electrons. The molecule has 2 N–H and O–H groups in total. The van der Waals surface area contributed by atoms with Crippen LogP contribution in [0.1, 0.15) is 36.1 Å². The van der Waals surface area contributed by atoms with Crippen LogP contribution in [0.3, 0.4) is 0 Å². The Labute approximate surface area is 163 Å². The molecule has 0 saturated heterocycles. The monoisotopic (exact) mass is 391 g/mol. The summed E-state index contributed by atoms with van der Waals surface area (Å²) in [6, 6.07) is 4.66. The van der Waals surface area contributed by atoms with Gasteiger partial charge in [0.25, 0.3) is 5.56 Å². The summed E-state index contributed by atoms with van der Waals surface area (Å²) >= 11 is 0. The molecule has 0 bridgehead atoms. The lowest BCUT2D eigenvalue weighted by atomic mass is 9.87. The number of rotatable bonds is 8. The fourth-order valence-corrected chi connectivity index (χ4v) is 3.10. The minimum Gasteiger partial charge on any atom is -0.507 e. The Morgan fingerprint density at radius 2 is 1.68 bits per heavy atom. The van der Waals surface area contributed by atoms with Crippen LogP contribution in [0.15, 0.2) is 23.0 Å². The number of aromatic hydroxyl groups is 1. The van der Waals surface area contributed by atoms with Gasteiger partial charge in [-0.05, 0) is 26.0 Å². The van der Waals surface area contributed by atoms with Gasteiger partial charge in [0.1, 0.15) is 11.5 Å². The summed E-state index contributed by atoms with van der Waals surface area (Å²) in [7, 11) is 4.43. The van der Waals surface area contributed by atoms with Gasteiger partial charge in [-0.25, -0.2) is 0 Å². The second kappa shape index (κ2) is 9.16. The molecular formula is C20H25NO7. The van der Waals surface area contributed by atoms with E-state index >= 15 is 0 Å². The van der Waals surface area contributed by atoms with E-state index in [2.05, 4.69) is 4.98 Å². The maximum atomic E-state index is 12.6. The van der Waals surface area contributed by atoms with Gasteiger partial charge >= 0.3 is 5.97 Å². The quantitative estimate of drug-likeness (QED) is 0.666. The first-order valence-electron chi connectivity index (χ1n) is 8.74. The molecule has 8 heteroatoms. The van der Waals surface area contributed by atoms with Crippen molar-refractivity contribution in [1.29, 1.82) is 0 Å². The minimum atomic E-state index is -0.821. The molecule has 1 heterocycles. The summed E-state index contributed by atoms with van der Waals surface area (Å²) < 4.78 is 21.2. The van der Waals surface area contributed by atoms with E-state index in [1.807, 2.05) is 0 Å². The number of carbonyl (C=O) groups is 1. The molecule has 0 saturated carbocycles. The molecule has 1 aromatic carbocycles. The highest BCUT2D eigenvalue weighted by atomic mass is 16.5. The van der Waals surface area contributed by atoms with Crippen LogP contribution in [0.2, 0.25) is 0 Å². The molecule has 0 radical (unpaired) electrons. The average Bonchev–Trinajstić information content (AvgIpc) is 2.65. The number of hydrogen-bond donors (Lipinski definition) is 2. The smallest absolute Gasteiger partial charge is 0.306 e. The first kappa shape index (κ1) is 21.1. The zero-order valence-electron chi connectivity index (χ0n) is 16.6. The zero-order valence-corrected chi connectivity index (χ0v) is 16.6. The van der Waals surface area contributed by atoms with Gasteiger partial charge in [0, 0.05) is 23.2 Å². The molecule has 0 aliphatic rings. The minimum absolute atomic E-state index is 0.0455. The van der Waals surface area contributed by atoms with Gasteiger partial charge in [0.05, 0.1) is 39.9 Å². The molecule has 0 fully saturated rings. The van der Waals surface area contributed by atoms with Gasteiger partial charge in [-0.3, -0.25) is 9.59 Å². The zero-order chi connectivity index (χ0) is 20.8. The molecule has 28 heavy (non-hydrogen) atoms. The van der Waals surface area contributed by atoms with Crippen LogP contribution in [-0.4, -0.2) is 44.0 Å². The number of benzene rings is 1. The van der Waals surface area contributed by atoms with Crippen molar-refractivity contribution < 1.29 is 28.8 Å². The summed E-state index contributed by atoms with van der Waals surface area (Å²) in [5, 5.41) is 10.5. The summed E-state index contributed by atoms with van der Waals surface area (Å²) in [5.41, 5.74) is 0.533. The van der Waals surface area contributed by atoms with Gasteiger partial charge in [-0.15, -0.1) is 0 Å². The molecule has 0 aliphatic carbocycles. The van der Waals surface area contributed by atoms with Crippen molar-refractivity contribution in [3.05, 3.63) is 45.4 Å². The number of hydrogen-bond acceptors (Lipinski definition) is 7. The number of esters is 1. The van der Waals surface area contributed by atoms with E-state index in [0.717, 1.165) is 0 Å². The number of nitrogens with one attached hydrogen (secondary N) is 1. The maximum Gasteiger partial charge on any atom is 0.306 e. The number of methoxy groups -OCH3 is 3. The number of ether oxygens (including phenoxy) is 4. The SMILES string of the molecule is CCOC(=O)CC(c1cc(OC)c(OC)cc1OC)c1c(O)cc(C)[nH]c1=O. The van der Waals surface area contributed by atoms with Crippen molar-refractivity contribution in [2.75, 3.05) is 27.9 Å². The third-order valence-electron chi connectivity index (χ3n) is 4.32. The second-order valence-corrected chi connectivity index (χ2v) is 6.09. The number of aromatic amines is 1. The van der Waals surface area contributed by atoms with Crippen molar-refractivity contribution in [2.45, 2.75) is 26.2 Å². The summed E-state index contributed by atoms with van der Waals surface area (Å²) in [6.07, 6.45) is -0.167. The summed E-state index contributed by atoms with van der Waals surface area (Å²) in [4.78, 5) is 27.5. The highest BCUT2D eigenvalue weighted by Crippen LogP contribution is 2.42. The first-order chi connectivity index (χ1) is 13.4. The Morgan fingerprint density at radius 1 is 1.07 bits per heavy atom. The summed E-state index contributed by atoms with van der Waals surface area (Å²) in [5.74, 6) is -0.337. The van der Waals surface area contributed by atoms with E-state index in [-0.39, 0.29) is 24.3 Å². The van der Waals surface area contributed by atoms with Crippen LogP contribution in [0.4, 0.5) is 0 Å². The third-order valence-corrected chi connectivity index (χ3v) is 4.32. The molecule has 2 rings (SSSR count). The number of pyridine rings is 1. The lowest BCUT2D eigenvalue weighted by Gasteiger charge is -2.22. The number of aryl methyl sites for hydroxylation is 1. The maximum absolute atomic E-state index is 12.6. The Bertz CT molecular complexity index is 904. The largest absolute Gasteiger partial charge is 0.507 e. The van der Waals surface area contributed by atoms with E-state index in [1.54, 1.807) is 26.0 Å². The second-order valence-electron chi connectivity index (χ2n) is 6.09. The molecule has 1 atom stereocenters. The molecule has 0 aliphatic heterocycles. The van der Waals surface area contributed by atoms with E-state index < -0.39 is 17.4 Å². The highest BCUT2D eigenvalue weighted by Gasteiger charge is 2.29. The van der Waals surface area contributed by atoms with Crippen LogP contribution in [0, 0.1) is 6.92 Å². The average molecular weight is 391 g/mol. The number of H-pyrrole nitrogens is 1. The van der Waals surface area contributed by atoms with E-state index in [4.69, 9.17) is 18.9 Å². The Balaban J connectivity index is 2.73. The van der Waals surface area contributed by atoms with Crippen molar-refractivity contribution >= 4 is 5.97 Å². The van der Waals surface area contributed by atoms with Crippen LogP contribution < -0.4 is 19.8 Å². The Hall–Kier alpha value is -3.16. The van der Waals surface area contributed by atoms with Crippen molar-refractivity contribution in [3.8, 4) is 23.0 Å². The Morgan fingerprint density at radius 3 is 2.21 bits per heavy atom. The summed E-state index contributed by atoms with van der Waals surface area (Å²) in [6.45, 7) is 3.55. The normalized spacial score (nSPS) is 11.6. The van der Waals surface area contributed by atoms with E-state index in [0.29, 0.717) is 28.5 Å². The highest BCUT2D eigenvalue weighted by molar-refractivity contribution is 5.72. The molecule has 8 nitrogen and oxygen atoms in total. The first-order valence-corrected chi connectivity index (χ1v) is 8.74. The number of carbonyl (C=O) groups excluding carboxylic acids is 1. The van der Waals surface area contributed by atoms with Gasteiger partial charge < -0.3 is 29.0 Å². The third kappa shape index (κ3) is 4.39. The topological polar surface area (TPSA) is 107 Å². The predicted octanol–water partition coefficient (Wildman–Crippen LogP) is 2.50. The van der Waals surface area contributed by atoms with Gasteiger partial charge in [0.2, 0.25) is 0 Å². The molecule has 0 spiro atoms. The number of aromatic nitrogens is 1. The van der Waals surface area contributed by atoms with Crippen molar-refractivity contribution in [2.24, 2.45) is 0 Å². The predicted molar refractivity (Wildman–Crippen MR) is 103 cm³/mol. The fourth-order valence-electron chi connectivity index (χ4n) is 3.10. The van der Waals surface area contributed by atoms with E-state index in [1.165, 1.54) is 27.4 Å². The van der Waals surface area contributed by atoms with Gasteiger partial charge in [-0.2, -0.15) is 0 Å². The Kier molecular flexibility index (Phi) is 6.92. The van der Waals surface area contributed by atoms with E-state index in [9.17, 15) is 14.7 Å². The van der Waals surface area contributed by atoms with Crippen LogP contribution in [0.25, 0.3) is 0 Å². The molecular weight excluding hydrogens is 366 g/mol. The lowest BCUT2D eigenvalue weighted by molar-refractivity contribution is -0.143. The molecule has 1 aromatic heterocycles. The van der Waals surface area contributed by atoms with Crippen LogP contribution in [-0.2, 0) is 9.53 Å². The van der Waals surface area contributed by atoms with Crippen LogP contribution >= 0.6 is 0 Å². The standard InChI is InChI=1S/C20H25NO7/c1-6-28-18(23)9-13(19-14(22)7-11(2)21-20(19)24)12-8-16(26-4)17(27-5)10-15(12)25-3/h7-8,10,13H,6,9H2,1-5H3,(H2,21,22,24). The lowest BCUT2D eigenvalue weighted by Crippen LogP contribution is -2.21. The molecule has 0 amide bonds. The molecule has 2 aromatic rings. The van der Waals surface area contributed by atoms with Crippen molar-refractivity contribution in [1.82, 2.24) is 4.98 Å². The van der Waals surface area contributed by atoms with Crippen LogP contribution in [0.5, 0.6) is 23.0 Å².